The van der Waals surface area contributed by atoms with Crippen LogP contribution in [0.2, 0.25) is 0 Å². The molecule has 0 aromatic rings. The molecule has 2 fully saturated rings. The number of rotatable bonds is 33. The van der Waals surface area contributed by atoms with Crippen LogP contribution in [0.25, 0.3) is 0 Å². The standard InChI is InChI=1S/C45H81NO4/c1-6-8-10-12-14-16-18-20-22-24-26-28-30-32-34-36-38-45(49-42-41(40-46(3)4)48-44(47-5)43(42)50-45)39-37-35-33-31-29-27-25-23-21-19-17-15-13-11-9-7-2/h14-17,20-23,41-44H,6-13,18-19,24-40H2,1-5H3. The van der Waals surface area contributed by atoms with E-state index in [-0.39, 0.29) is 24.6 Å². The van der Waals surface area contributed by atoms with Gasteiger partial charge in [-0.05, 0) is 91.1 Å². The molecule has 0 N–H and O–H groups in total. The Morgan fingerprint density at radius 2 is 0.920 bits per heavy atom. The molecule has 2 aliphatic rings. The Labute approximate surface area is 310 Å². The summed E-state index contributed by atoms with van der Waals surface area (Å²) in [5.41, 5.74) is 0. The van der Waals surface area contributed by atoms with Crippen molar-refractivity contribution in [2.45, 2.75) is 211 Å². The monoisotopic (exact) mass is 700 g/mol. The molecule has 2 aliphatic heterocycles. The van der Waals surface area contributed by atoms with Gasteiger partial charge in [-0.1, -0.05) is 140 Å². The fraction of sp³-hybridized carbons (Fsp3) is 0.822. The molecule has 0 radical (unpaired) electrons. The predicted molar refractivity (Wildman–Crippen MR) is 215 cm³/mol. The lowest BCUT2D eigenvalue weighted by atomic mass is 9.98. The van der Waals surface area contributed by atoms with Crippen molar-refractivity contribution in [2.24, 2.45) is 0 Å². The summed E-state index contributed by atoms with van der Waals surface area (Å²) in [5, 5.41) is 0. The van der Waals surface area contributed by atoms with Crippen LogP contribution in [0.3, 0.4) is 0 Å². The summed E-state index contributed by atoms with van der Waals surface area (Å²) >= 11 is 0. The first-order chi connectivity index (χ1) is 24.5. The Balaban J connectivity index is 1.66. The number of allylic oxidation sites excluding steroid dienone is 8. The van der Waals surface area contributed by atoms with E-state index in [2.05, 4.69) is 81.5 Å². The SMILES string of the molecule is CCCCCC=CCC=CCCCCCCCCC1(CCCCCCCCC=CCC=CCCCCC)OC2C(CN(C)C)OC(OC)C2O1. The highest BCUT2D eigenvalue weighted by molar-refractivity contribution is 4.98. The Hall–Kier alpha value is -1.24. The number of ether oxygens (including phenoxy) is 4. The van der Waals surface area contributed by atoms with Gasteiger partial charge in [0.2, 0.25) is 0 Å². The molecule has 290 valence electrons. The Kier molecular flexibility index (Phi) is 27.2. The molecule has 0 amide bonds. The van der Waals surface area contributed by atoms with E-state index in [1.54, 1.807) is 7.11 Å². The van der Waals surface area contributed by atoms with Crippen LogP contribution in [-0.4, -0.2) is 63.0 Å². The second-order valence-corrected chi connectivity index (χ2v) is 15.3. The molecule has 0 aromatic heterocycles. The summed E-state index contributed by atoms with van der Waals surface area (Å²) < 4.78 is 25.7. The zero-order valence-electron chi connectivity index (χ0n) is 33.6. The van der Waals surface area contributed by atoms with Crippen LogP contribution in [-0.2, 0) is 18.9 Å². The second kappa shape index (κ2) is 30.2. The third kappa shape index (κ3) is 20.7. The highest BCUT2D eigenvalue weighted by atomic mass is 16.8. The fourth-order valence-corrected chi connectivity index (χ4v) is 7.31. The lowest BCUT2D eigenvalue weighted by molar-refractivity contribution is -0.248. The molecule has 0 bridgehead atoms. The Morgan fingerprint density at radius 1 is 0.520 bits per heavy atom. The van der Waals surface area contributed by atoms with Gasteiger partial charge in [-0.15, -0.1) is 0 Å². The van der Waals surface area contributed by atoms with Gasteiger partial charge >= 0.3 is 0 Å². The van der Waals surface area contributed by atoms with Crippen molar-refractivity contribution < 1.29 is 18.9 Å². The number of methoxy groups -OCH3 is 1. The molecule has 2 rings (SSSR count). The van der Waals surface area contributed by atoms with Gasteiger partial charge in [0.1, 0.15) is 18.3 Å². The summed E-state index contributed by atoms with van der Waals surface area (Å²) in [6.07, 6.45) is 50.5. The molecule has 4 atom stereocenters. The van der Waals surface area contributed by atoms with E-state index in [0.717, 1.165) is 45.1 Å². The maximum Gasteiger partial charge on any atom is 0.186 e. The van der Waals surface area contributed by atoms with E-state index in [0.29, 0.717) is 0 Å². The minimum absolute atomic E-state index is 0.0199. The predicted octanol–water partition coefficient (Wildman–Crippen LogP) is 12.8. The number of hydrogen-bond donors (Lipinski definition) is 0. The van der Waals surface area contributed by atoms with Gasteiger partial charge in [-0.25, -0.2) is 0 Å². The van der Waals surface area contributed by atoms with Gasteiger partial charge in [0.25, 0.3) is 0 Å². The van der Waals surface area contributed by atoms with Gasteiger partial charge in [0.15, 0.2) is 12.1 Å². The van der Waals surface area contributed by atoms with E-state index < -0.39 is 5.79 Å². The van der Waals surface area contributed by atoms with E-state index in [9.17, 15) is 0 Å². The van der Waals surface area contributed by atoms with Gasteiger partial charge in [0, 0.05) is 26.5 Å². The largest absolute Gasteiger partial charge is 0.353 e. The second-order valence-electron chi connectivity index (χ2n) is 15.3. The number of hydrogen-bond acceptors (Lipinski definition) is 5. The highest BCUT2D eigenvalue weighted by Crippen LogP contribution is 2.44. The lowest BCUT2D eigenvalue weighted by Gasteiger charge is -2.32. The first kappa shape index (κ1) is 44.9. The smallest absolute Gasteiger partial charge is 0.186 e. The molecular formula is C45H81NO4. The first-order valence-electron chi connectivity index (χ1n) is 21.3. The molecule has 2 saturated heterocycles. The van der Waals surface area contributed by atoms with E-state index in [4.69, 9.17) is 18.9 Å². The molecule has 5 heteroatoms. The molecule has 0 saturated carbocycles. The molecular weight excluding hydrogens is 618 g/mol. The third-order valence-electron chi connectivity index (χ3n) is 10.3. The summed E-state index contributed by atoms with van der Waals surface area (Å²) in [5.74, 6) is -0.495. The summed E-state index contributed by atoms with van der Waals surface area (Å²) in [7, 11) is 5.92. The number of likely N-dealkylation sites (N-methyl/N-ethyl adjacent to an activating group) is 1. The topological polar surface area (TPSA) is 40.2 Å². The number of unbranched alkanes of at least 4 members (excludes halogenated alkanes) is 18. The third-order valence-corrected chi connectivity index (χ3v) is 10.3. The fourth-order valence-electron chi connectivity index (χ4n) is 7.31. The molecule has 2 heterocycles. The van der Waals surface area contributed by atoms with Crippen LogP contribution in [0.5, 0.6) is 0 Å². The van der Waals surface area contributed by atoms with Gasteiger partial charge in [-0.2, -0.15) is 0 Å². The summed E-state index contributed by atoms with van der Waals surface area (Å²) in [4.78, 5) is 2.17. The number of nitrogens with zero attached hydrogens (tertiary/aromatic N) is 1. The van der Waals surface area contributed by atoms with E-state index in [1.807, 2.05) is 0 Å². The van der Waals surface area contributed by atoms with Crippen LogP contribution in [0, 0.1) is 0 Å². The van der Waals surface area contributed by atoms with Gasteiger partial charge in [0.05, 0.1) is 0 Å². The van der Waals surface area contributed by atoms with Crippen molar-refractivity contribution in [1.29, 1.82) is 0 Å². The first-order valence-corrected chi connectivity index (χ1v) is 21.3. The Morgan fingerprint density at radius 3 is 1.34 bits per heavy atom. The van der Waals surface area contributed by atoms with Crippen molar-refractivity contribution in [1.82, 2.24) is 4.90 Å². The maximum atomic E-state index is 6.89. The van der Waals surface area contributed by atoms with Gasteiger partial charge in [-0.3, -0.25) is 0 Å². The van der Waals surface area contributed by atoms with Crippen molar-refractivity contribution in [2.75, 3.05) is 27.7 Å². The van der Waals surface area contributed by atoms with Crippen molar-refractivity contribution >= 4 is 0 Å². The average molecular weight is 700 g/mol. The zero-order chi connectivity index (χ0) is 36.0. The zero-order valence-corrected chi connectivity index (χ0v) is 33.6. The average Bonchev–Trinajstić information content (AvgIpc) is 3.63. The van der Waals surface area contributed by atoms with E-state index in [1.165, 1.54) is 128 Å². The molecule has 0 aliphatic carbocycles. The molecule has 50 heavy (non-hydrogen) atoms. The van der Waals surface area contributed by atoms with Crippen LogP contribution in [0.15, 0.2) is 48.6 Å². The van der Waals surface area contributed by atoms with Crippen molar-refractivity contribution in [3.63, 3.8) is 0 Å². The van der Waals surface area contributed by atoms with Crippen LogP contribution in [0.1, 0.15) is 181 Å². The maximum absolute atomic E-state index is 6.89. The molecule has 4 unspecified atom stereocenters. The van der Waals surface area contributed by atoms with E-state index >= 15 is 0 Å². The minimum atomic E-state index is -0.495. The quantitative estimate of drug-likeness (QED) is 0.0504. The highest BCUT2D eigenvalue weighted by Gasteiger charge is 2.58. The normalized spacial score (nSPS) is 24.0. The molecule has 0 aromatic carbocycles. The van der Waals surface area contributed by atoms with Crippen LogP contribution < -0.4 is 0 Å². The summed E-state index contributed by atoms with van der Waals surface area (Å²) in [6, 6.07) is 0. The number of fused-ring (bicyclic) bond motifs is 1. The van der Waals surface area contributed by atoms with Crippen LogP contribution >= 0.6 is 0 Å². The molecule has 0 spiro atoms. The van der Waals surface area contributed by atoms with Crippen LogP contribution in [0.4, 0.5) is 0 Å². The van der Waals surface area contributed by atoms with Crippen molar-refractivity contribution in [3.05, 3.63) is 48.6 Å². The van der Waals surface area contributed by atoms with Gasteiger partial charge < -0.3 is 23.8 Å². The Bertz CT molecular complexity index is 848. The lowest BCUT2D eigenvalue weighted by Crippen LogP contribution is -2.39. The molecule has 5 nitrogen and oxygen atoms in total. The van der Waals surface area contributed by atoms with Crippen molar-refractivity contribution in [3.8, 4) is 0 Å². The minimum Gasteiger partial charge on any atom is -0.353 e. The summed E-state index contributed by atoms with van der Waals surface area (Å²) in [6.45, 7) is 5.35.